The molecule has 1 aromatic rings. The molecule has 0 saturated heterocycles. The molecular weight excluding hydrogens is 246 g/mol. The van der Waals surface area contributed by atoms with Crippen molar-refractivity contribution in [1.82, 2.24) is 10.3 Å². The number of hydrogen-bond donors (Lipinski definition) is 1. The van der Waals surface area contributed by atoms with Crippen molar-refractivity contribution in [3.05, 3.63) is 27.9 Å². The number of ether oxygens (including phenoxy) is 1. The summed E-state index contributed by atoms with van der Waals surface area (Å²) >= 11 is 0. The first kappa shape index (κ1) is 15.4. The molecule has 1 atom stereocenters. The molecule has 0 aromatic carbocycles. The van der Waals surface area contributed by atoms with Gasteiger partial charge in [-0.2, -0.15) is 0 Å². The van der Waals surface area contributed by atoms with Gasteiger partial charge in [0.25, 0.3) is 5.69 Å². The lowest BCUT2D eigenvalue weighted by Gasteiger charge is -2.16. The van der Waals surface area contributed by atoms with Crippen LogP contribution in [0.3, 0.4) is 0 Å². The molecule has 1 N–H and O–H groups in total. The van der Waals surface area contributed by atoms with Crippen LogP contribution in [0.15, 0.2) is 12.1 Å². The minimum absolute atomic E-state index is 0.0554. The van der Waals surface area contributed by atoms with Crippen LogP contribution in [0, 0.1) is 10.1 Å². The third-order valence-corrected chi connectivity index (χ3v) is 2.90. The van der Waals surface area contributed by atoms with Gasteiger partial charge < -0.3 is 10.1 Å². The molecule has 0 spiro atoms. The van der Waals surface area contributed by atoms with Gasteiger partial charge in [-0.25, -0.2) is 4.98 Å². The van der Waals surface area contributed by atoms with E-state index in [0.717, 1.165) is 19.4 Å². The zero-order chi connectivity index (χ0) is 14.3. The minimum Gasteiger partial charge on any atom is -0.481 e. The molecule has 1 aromatic heterocycles. The Morgan fingerprint density at radius 2 is 2.21 bits per heavy atom. The summed E-state index contributed by atoms with van der Waals surface area (Å²) in [7, 11) is 1.51. The van der Waals surface area contributed by atoms with E-state index in [0.29, 0.717) is 18.0 Å². The Hall–Kier alpha value is -1.69. The quantitative estimate of drug-likeness (QED) is 0.577. The predicted octanol–water partition coefficient (Wildman–Crippen LogP) is 2.32. The van der Waals surface area contributed by atoms with Gasteiger partial charge in [0.15, 0.2) is 0 Å². The zero-order valence-electron chi connectivity index (χ0n) is 11.7. The van der Waals surface area contributed by atoms with Crippen molar-refractivity contribution in [1.29, 1.82) is 0 Å². The second-order valence-electron chi connectivity index (χ2n) is 4.32. The highest BCUT2D eigenvalue weighted by Gasteiger charge is 2.19. The van der Waals surface area contributed by atoms with Gasteiger partial charge in [-0.15, -0.1) is 0 Å². The molecule has 0 amide bonds. The molecule has 106 valence electrons. The first-order valence-electron chi connectivity index (χ1n) is 6.54. The summed E-state index contributed by atoms with van der Waals surface area (Å²) < 4.78 is 5.04. The van der Waals surface area contributed by atoms with Gasteiger partial charge in [0.1, 0.15) is 5.69 Å². The number of hydrogen-bond acceptors (Lipinski definition) is 5. The largest absolute Gasteiger partial charge is 0.481 e. The summed E-state index contributed by atoms with van der Waals surface area (Å²) in [6, 6.07) is 3.17. The molecule has 0 saturated carbocycles. The molecule has 19 heavy (non-hydrogen) atoms. The highest BCUT2D eigenvalue weighted by atomic mass is 16.6. The van der Waals surface area contributed by atoms with Crippen molar-refractivity contribution in [2.75, 3.05) is 13.7 Å². The molecule has 0 fully saturated rings. The fraction of sp³-hybridized carbons (Fsp3) is 0.615. The average molecular weight is 267 g/mol. The van der Waals surface area contributed by atoms with Crippen LogP contribution >= 0.6 is 0 Å². The van der Waals surface area contributed by atoms with E-state index in [1.54, 1.807) is 0 Å². The van der Waals surface area contributed by atoms with Gasteiger partial charge in [-0.1, -0.05) is 20.3 Å². The van der Waals surface area contributed by atoms with Crippen molar-refractivity contribution in [3.8, 4) is 5.88 Å². The molecule has 0 aliphatic rings. The Labute approximate surface area is 113 Å². The number of rotatable bonds is 8. The van der Waals surface area contributed by atoms with E-state index in [1.807, 2.05) is 6.92 Å². The summed E-state index contributed by atoms with van der Waals surface area (Å²) in [5.74, 6) is 0.410. The van der Waals surface area contributed by atoms with E-state index in [-0.39, 0.29) is 11.7 Å². The fourth-order valence-electron chi connectivity index (χ4n) is 2.05. The second kappa shape index (κ2) is 7.68. The molecule has 6 nitrogen and oxygen atoms in total. The van der Waals surface area contributed by atoms with E-state index >= 15 is 0 Å². The molecule has 1 unspecified atom stereocenters. The number of nitrogens with zero attached hydrogens (tertiary/aromatic N) is 2. The molecule has 1 rings (SSSR count). The van der Waals surface area contributed by atoms with Crippen molar-refractivity contribution in [2.24, 2.45) is 0 Å². The Morgan fingerprint density at radius 3 is 2.74 bits per heavy atom. The van der Waals surface area contributed by atoms with E-state index < -0.39 is 4.92 Å². The van der Waals surface area contributed by atoms with Gasteiger partial charge >= 0.3 is 0 Å². The molecule has 0 aliphatic carbocycles. The van der Waals surface area contributed by atoms with E-state index in [9.17, 15) is 10.1 Å². The smallest absolute Gasteiger partial charge is 0.291 e. The maximum Gasteiger partial charge on any atom is 0.291 e. The highest BCUT2D eigenvalue weighted by molar-refractivity contribution is 5.38. The van der Waals surface area contributed by atoms with Crippen molar-refractivity contribution < 1.29 is 9.66 Å². The van der Waals surface area contributed by atoms with Crippen molar-refractivity contribution in [2.45, 2.75) is 39.2 Å². The number of likely N-dealkylation sites (N-methyl/N-ethyl adjacent to an activating group) is 1. The maximum absolute atomic E-state index is 11.0. The predicted molar refractivity (Wildman–Crippen MR) is 73.5 cm³/mol. The van der Waals surface area contributed by atoms with Gasteiger partial charge in [0.2, 0.25) is 5.88 Å². The van der Waals surface area contributed by atoms with Crippen LogP contribution in [0.1, 0.15) is 32.4 Å². The van der Waals surface area contributed by atoms with E-state index in [1.165, 1.54) is 19.2 Å². The summed E-state index contributed by atoms with van der Waals surface area (Å²) in [4.78, 5) is 14.8. The first-order valence-corrected chi connectivity index (χ1v) is 6.54. The Bertz CT molecular complexity index is 418. The molecule has 0 radical (unpaired) electrons. The number of methoxy groups -OCH3 is 1. The van der Waals surface area contributed by atoms with Crippen LogP contribution in [0.5, 0.6) is 5.88 Å². The summed E-state index contributed by atoms with van der Waals surface area (Å²) in [5, 5.41) is 14.4. The van der Waals surface area contributed by atoms with Crippen LogP contribution in [-0.2, 0) is 6.42 Å². The lowest BCUT2D eigenvalue weighted by atomic mass is 10.0. The average Bonchev–Trinajstić information content (AvgIpc) is 2.38. The number of pyridine rings is 1. The second-order valence-corrected chi connectivity index (χ2v) is 4.32. The SMILES string of the molecule is CCCC(Cc1nc(OC)ccc1[N+](=O)[O-])NCC. The van der Waals surface area contributed by atoms with Gasteiger partial charge in [-0.05, 0) is 13.0 Å². The van der Waals surface area contributed by atoms with Crippen LogP contribution < -0.4 is 10.1 Å². The van der Waals surface area contributed by atoms with Gasteiger partial charge in [-0.3, -0.25) is 10.1 Å². The van der Waals surface area contributed by atoms with Gasteiger partial charge in [0.05, 0.1) is 12.0 Å². The van der Waals surface area contributed by atoms with Crippen molar-refractivity contribution >= 4 is 5.69 Å². The normalized spacial score (nSPS) is 12.2. The Kier molecular flexibility index (Phi) is 6.21. The molecule has 1 heterocycles. The topological polar surface area (TPSA) is 77.3 Å². The van der Waals surface area contributed by atoms with Crippen molar-refractivity contribution in [3.63, 3.8) is 0 Å². The van der Waals surface area contributed by atoms with E-state index in [2.05, 4.69) is 17.2 Å². The zero-order valence-corrected chi connectivity index (χ0v) is 11.7. The summed E-state index contributed by atoms with van der Waals surface area (Å²) in [5.41, 5.74) is 0.531. The van der Waals surface area contributed by atoms with Crippen LogP contribution in [-0.4, -0.2) is 29.6 Å². The molecular formula is C13H21N3O3. The third kappa shape index (κ3) is 4.48. The minimum atomic E-state index is -0.392. The van der Waals surface area contributed by atoms with Crippen LogP contribution in [0.2, 0.25) is 0 Å². The number of nitro groups is 1. The van der Waals surface area contributed by atoms with Gasteiger partial charge in [0, 0.05) is 24.6 Å². The number of aromatic nitrogens is 1. The van der Waals surface area contributed by atoms with Crippen LogP contribution in [0.4, 0.5) is 5.69 Å². The lowest BCUT2D eigenvalue weighted by Crippen LogP contribution is -2.31. The summed E-state index contributed by atoms with van der Waals surface area (Å²) in [6.45, 7) is 4.95. The fourth-order valence-corrected chi connectivity index (χ4v) is 2.05. The third-order valence-electron chi connectivity index (χ3n) is 2.90. The lowest BCUT2D eigenvalue weighted by molar-refractivity contribution is -0.386. The molecule has 0 bridgehead atoms. The number of nitrogens with one attached hydrogen (secondary N) is 1. The monoisotopic (exact) mass is 267 g/mol. The highest BCUT2D eigenvalue weighted by Crippen LogP contribution is 2.22. The summed E-state index contributed by atoms with van der Waals surface area (Å²) in [6.07, 6.45) is 2.52. The standard InChI is InChI=1S/C13H21N3O3/c1-4-6-10(14-5-2)9-11-12(16(17)18)7-8-13(15-11)19-3/h7-8,10,14H,4-6,9H2,1-3H3. The van der Waals surface area contributed by atoms with Crippen LogP contribution in [0.25, 0.3) is 0 Å². The Balaban J connectivity index is 2.97. The van der Waals surface area contributed by atoms with E-state index in [4.69, 9.17) is 4.74 Å². The first-order chi connectivity index (χ1) is 9.12. The maximum atomic E-state index is 11.0. The molecule has 6 heteroatoms. The molecule has 0 aliphatic heterocycles. The Morgan fingerprint density at radius 1 is 1.47 bits per heavy atom.